The van der Waals surface area contributed by atoms with Crippen molar-refractivity contribution in [1.82, 2.24) is 9.80 Å². The molecule has 0 N–H and O–H groups in total. The highest BCUT2D eigenvalue weighted by molar-refractivity contribution is 6.76. The van der Waals surface area contributed by atoms with Gasteiger partial charge in [0.2, 0.25) is 0 Å². The fraction of sp³-hybridized carbons (Fsp3) is 0.535. The molecule has 4 amide bonds. The summed E-state index contributed by atoms with van der Waals surface area (Å²) < 4.78 is 36.0. The van der Waals surface area contributed by atoms with Gasteiger partial charge in [-0.3, -0.25) is 29.0 Å². The molecule has 0 aliphatic carbocycles. The molecule has 4 heterocycles. The lowest BCUT2D eigenvalue weighted by Crippen LogP contribution is -2.45. The molecule has 4 aliphatic rings. The molecule has 0 aromatic heterocycles. The number of nitrogens with zero attached hydrogens (tertiary/aromatic N) is 4. The van der Waals surface area contributed by atoms with E-state index in [0.717, 1.165) is 23.2 Å². The van der Waals surface area contributed by atoms with Crippen LogP contribution in [-0.2, 0) is 19.1 Å². The van der Waals surface area contributed by atoms with E-state index in [9.17, 15) is 19.2 Å². The van der Waals surface area contributed by atoms with E-state index < -0.39 is 28.2 Å². The Morgan fingerprint density at radius 3 is 1.34 bits per heavy atom. The van der Waals surface area contributed by atoms with Crippen LogP contribution in [0.4, 0.5) is 11.4 Å². The standard InChI is InChI=1S/C43H60N4O10Si2/c1-28-18-34-42(50)46(26-54-14-16-58(5,6)7)32-22-38(36(52-3)20-30(32)40(48)44(34)24-28)56-12-11-13-57-39-23-33-31(21-37(39)53-4)41(49)45-25-29(2)19-35(45)43(51)47(33)27-55-15-17-59(8,9)10/h20-23,34-35H,1-2,11-19,24-27H2,3-10H3/t34-,35?/m0/s1. The number of amides is 4. The molecule has 0 saturated carbocycles. The van der Waals surface area contributed by atoms with Crippen LogP contribution >= 0.6 is 0 Å². The second-order valence-electron chi connectivity index (χ2n) is 18.1. The molecule has 0 bridgehead atoms. The molecule has 4 aliphatic heterocycles. The van der Waals surface area contributed by atoms with Crippen LogP contribution < -0.4 is 28.7 Å². The topological polar surface area (TPSA) is 137 Å². The number of carbonyl (C=O) groups excluding carboxylic acids is 4. The first-order valence-electron chi connectivity index (χ1n) is 20.3. The monoisotopic (exact) mass is 848 g/mol. The van der Waals surface area contributed by atoms with Gasteiger partial charge >= 0.3 is 0 Å². The average molecular weight is 849 g/mol. The minimum Gasteiger partial charge on any atom is -0.493 e. The second-order valence-corrected chi connectivity index (χ2v) is 29.4. The minimum absolute atomic E-state index is 0.00414. The van der Waals surface area contributed by atoms with Gasteiger partial charge in [-0.15, -0.1) is 0 Å². The van der Waals surface area contributed by atoms with Gasteiger partial charge < -0.3 is 38.2 Å². The summed E-state index contributed by atoms with van der Waals surface area (Å²) in [6.45, 7) is 23.7. The second kappa shape index (κ2) is 17.9. The van der Waals surface area contributed by atoms with Crippen LogP contribution in [-0.4, -0.2) is 129 Å². The number of rotatable bonds is 18. The molecule has 1 unspecified atom stereocenters. The molecule has 2 fully saturated rings. The van der Waals surface area contributed by atoms with Gasteiger partial charge in [0.25, 0.3) is 23.6 Å². The molecule has 14 nitrogen and oxygen atoms in total. The third kappa shape index (κ3) is 9.88. The lowest BCUT2D eigenvalue weighted by atomic mass is 10.1. The Morgan fingerprint density at radius 2 is 0.983 bits per heavy atom. The fourth-order valence-corrected chi connectivity index (χ4v) is 9.08. The van der Waals surface area contributed by atoms with Crippen LogP contribution in [0.25, 0.3) is 0 Å². The molecule has 59 heavy (non-hydrogen) atoms. The van der Waals surface area contributed by atoms with E-state index in [0.29, 0.717) is 91.1 Å². The molecule has 0 radical (unpaired) electrons. The van der Waals surface area contributed by atoms with E-state index in [-0.39, 0.29) is 50.3 Å². The molecule has 320 valence electrons. The van der Waals surface area contributed by atoms with Crippen molar-refractivity contribution in [3.63, 3.8) is 0 Å². The zero-order valence-corrected chi connectivity index (χ0v) is 37.9. The number of hydrogen-bond acceptors (Lipinski definition) is 10. The molecular formula is C43H60N4O10Si2. The summed E-state index contributed by atoms with van der Waals surface area (Å²) in [4.78, 5) is 62.1. The summed E-state index contributed by atoms with van der Waals surface area (Å²) >= 11 is 0. The SMILES string of the molecule is C=C1CC2C(=O)N(COCC[Si](C)(C)C)c3cc(OCCCOc4cc5c(cc4OC)C(=O)N4CC(=C)C[C@H]4C(=O)N5COCC[Si](C)(C)C)c(OC)cc3C(=O)N2C1. The number of carbonyl (C=O) groups is 4. The van der Waals surface area contributed by atoms with E-state index in [4.69, 9.17) is 28.4 Å². The third-order valence-corrected chi connectivity index (χ3v) is 14.4. The number of anilines is 2. The number of methoxy groups -OCH3 is 2. The maximum atomic E-state index is 14.0. The Morgan fingerprint density at radius 1 is 0.593 bits per heavy atom. The quantitative estimate of drug-likeness (QED) is 0.0941. The van der Waals surface area contributed by atoms with Crippen LogP contribution in [0.3, 0.4) is 0 Å². The predicted octanol–water partition coefficient (Wildman–Crippen LogP) is 6.41. The number of fused-ring (bicyclic) bond motifs is 4. The average Bonchev–Trinajstić information content (AvgIpc) is 3.74. The summed E-state index contributed by atoms with van der Waals surface area (Å²) in [6, 6.07) is 7.13. The van der Waals surface area contributed by atoms with Crippen LogP contribution in [0.5, 0.6) is 23.0 Å². The highest BCUT2D eigenvalue weighted by atomic mass is 28.3. The Hall–Kier alpha value is -4.65. The molecular weight excluding hydrogens is 789 g/mol. The largest absolute Gasteiger partial charge is 0.493 e. The number of benzene rings is 2. The van der Waals surface area contributed by atoms with E-state index >= 15 is 0 Å². The van der Waals surface area contributed by atoms with E-state index in [1.165, 1.54) is 24.0 Å². The zero-order chi connectivity index (χ0) is 42.8. The lowest BCUT2D eigenvalue weighted by molar-refractivity contribution is -0.123. The van der Waals surface area contributed by atoms with Crippen molar-refractivity contribution < 1.29 is 47.6 Å². The van der Waals surface area contributed by atoms with Gasteiger partial charge in [-0.2, -0.15) is 0 Å². The maximum absolute atomic E-state index is 14.0. The van der Waals surface area contributed by atoms with Gasteiger partial charge in [-0.25, -0.2) is 0 Å². The molecule has 16 heteroatoms. The van der Waals surface area contributed by atoms with Gasteiger partial charge in [0.05, 0.1) is 49.9 Å². The van der Waals surface area contributed by atoms with Crippen molar-refractivity contribution in [2.45, 2.75) is 82.7 Å². The number of ether oxygens (including phenoxy) is 6. The van der Waals surface area contributed by atoms with E-state index in [1.54, 1.807) is 34.1 Å². The molecule has 0 spiro atoms. The first-order chi connectivity index (χ1) is 27.9. The Kier molecular flexibility index (Phi) is 13.3. The normalized spacial score (nSPS) is 19.4. The third-order valence-electron chi connectivity index (χ3n) is 11.0. The van der Waals surface area contributed by atoms with Gasteiger partial charge in [-0.1, -0.05) is 63.6 Å². The summed E-state index contributed by atoms with van der Waals surface area (Å²) in [5.41, 5.74) is 3.10. The van der Waals surface area contributed by atoms with Crippen molar-refractivity contribution >= 4 is 51.2 Å². The van der Waals surface area contributed by atoms with Crippen molar-refractivity contribution in [1.29, 1.82) is 0 Å². The van der Waals surface area contributed by atoms with Gasteiger partial charge in [0.15, 0.2) is 23.0 Å². The highest BCUT2D eigenvalue weighted by Gasteiger charge is 2.45. The van der Waals surface area contributed by atoms with Crippen molar-refractivity contribution in [2.75, 3.05) is 77.0 Å². The smallest absolute Gasteiger partial charge is 0.257 e. The highest BCUT2D eigenvalue weighted by Crippen LogP contribution is 2.42. The molecule has 2 aromatic rings. The van der Waals surface area contributed by atoms with E-state index in [1.807, 2.05) is 0 Å². The Labute approximate surface area is 350 Å². The molecule has 2 atom stereocenters. The summed E-state index contributed by atoms with van der Waals surface area (Å²) in [5, 5.41) is 0. The summed E-state index contributed by atoms with van der Waals surface area (Å²) in [7, 11) is 0.238. The van der Waals surface area contributed by atoms with Crippen molar-refractivity contribution in [2.24, 2.45) is 0 Å². The predicted molar refractivity (Wildman–Crippen MR) is 232 cm³/mol. The van der Waals surface area contributed by atoms with Crippen LogP contribution in [0.1, 0.15) is 40.0 Å². The Balaban J connectivity index is 1.19. The molecule has 2 saturated heterocycles. The van der Waals surface area contributed by atoms with Crippen molar-refractivity contribution in [3.8, 4) is 23.0 Å². The van der Waals surface area contributed by atoms with Crippen molar-refractivity contribution in [3.05, 3.63) is 59.7 Å². The fourth-order valence-electron chi connectivity index (χ4n) is 7.56. The van der Waals surface area contributed by atoms with Crippen LogP contribution in [0.2, 0.25) is 51.4 Å². The summed E-state index contributed by atoms with van der Waals surface area (Å²) in [5.74, 6) is 0.402. The number of hydrogen-bond donors (Lipinski definition) is 0. The zero-order valence-electron chi connectivity index (χ0n) is 35.9. The minimum atomic E-state index is -1.38. The van der Waals surface area contributed by atoms with Gasteiger partial charge in [0.1, 0.15) is 25.5 Å². The van der Waals surface area contributed by atoms with Crippen LogP contribution in [0, 0.1) is 0 Å². The molecule has 2 aromatic carbocycles. The lowest BCUT2D eigenvalue weighted by Gasteiger charge is -2.26. The first-order valence-corrected chi connectivity index (χ1v) is 27.8. The molecule has 6 rings (SSSR count). The maximum Gasteiger partial charge on any atom is 0.257 e. The first kappa shape index (κ1) is 43.9. The summed E-state index contributed by atoms with van der Waals surface area (Å²) in [6.07, 6.45) is 1.20. The van der Waals surface area contributed by atoms with Gasteiger partial charge in [-0.05, 0) is 37.1 Å². The van der Waals surface area contributed by atoms with Crippen LogP contribution in [0.15, 0.2) is 48.6 Å². The Bertz CT molecular complexity index is 1850. The van der Waals surface area contributed by atoms with Gasteiger partial charge in [0, 0.05) is 61.0 Å². The van der Waals surface area contributed by atoms with E-state index in [2.05, 4.69) is 52.4 Å².